The second-order valence-corrected chi connectivity index (χ2v) is 2.49. The molecule has 3 heteroatoms. The molecule has 1 aliphatic rings. The molecule has 2 N–H and O–H groups in total. The first-order chi connectivity index (χ1) is 4.24. The molecule has 1 rings (SSSR count). The minimum absolute atomic E-state index is 0.0811. The maximum Gasteiger partial charge on any atom is 0.306 e. The molecule has 0 atom stereocenters. The van der Waals surface area contributed by atoms with Gasteiger partial charge in [0.1, 0.15) is 0 Å². The Morgan fingerprint density at radius 3 is 2.56 bits per heavy atom. The molecule has 52 valence electrons. The molecule has 0 aromatic carbocycles. The van der Waals surface area contributed by atoms with Crippen molar-refractivity contribution in [2.75, 3.05) is 7.05 Å². The zero-order chi connectivity index (χ0) is 6.85. The van der Waals surface area contributed by atoms with Crippen LogP contribution in [0.15, 0.2) is 0 Å². The summed E-state index contributed by atoms with van der Waals surface area (Å²) in [6.45, 7) is 0. The van der Waals surface area contributed by atoms with Crippen LogP contribution in [0.25, 0.3) is 0 Å². The van der Waals surface area contributed by atoms with Crippen LogP contribution in [0.1, 0.15) is 12.8 Å². The average Bonchev–Trinajstić information content (AvgIpc) is 1.61. The van der Waals surface area contributed by atoms with Gasteiger partial charge in [-0.15, -0.1) is 0 Å². The number of nitrogens with one attached hydrogen (secondary N) is 1. The molecule has 0 aromatic heterocycles. The van der Waals surface area contributed by atoms with Gasteiger partial charge in [0.2, 0.25) is 0 Å². The summed E-state index contributed by atoms with van der Waals surface area (Å²) in [6.07, 6.45) is 1.59. The topological polar surface area (TPSA) is 49.3 Å². The average molecular weight is 129 g/mol. The van der Waals surface area contributed by atoms with E-state index in [-0.39, 0.29) is 5.92 Å². The molecule has 1 fully saturated rings. The van der Waals surface area contributed by atoms with E-state index in [0.29, 0.717) is 6.04 Å². The fourth-order valence-corrected chi connectivity index (χ4v) is 1.06. The summed E-state index contributed by atoms with van der Waals surface area (Å²) in [5.74, 6) is -0.732. The van der Waals surface area contributed by atoms with Crippen molar-refractivity contribution in [3.63, 3.8) is 0 Å². The Bertz CT molecular complexity index is 118. The highest BCUT2D eigenvalue weighted by Gasteiger charge is 2.32. The Labute approximate surface area is 54.1 Å². The highest BCUT2D eigenvalue weighted by molar-refractivity contribution is 5.71. The molecule has 0 aromatic rings. The number of aliphatic carboxylic acids is 1. The Kier molecular flexibility index (Phi) is 1.71. The maximum atomic E-state index is 10.2. The van der Waals surface area contributed by atoms with Crippen molar-refractivity contribution in [3.05, 3.63) is 0 Å². The van der Waals surface area contributed by atoms with Crippen LogP contribution in [-0.4, -0.2) is 24.2 Å². The largest absolute Gasteiger partial charge is 0.481 e. The van der Waals surface area contributed by atoms with Gasteiger partial charge in [0.05, 0.1) is 5.92 Å². The Morgan fingerprint density at radius 2 is 2.22 bits per heavy atom. The molecule has 9 heavy (non-hydrogen) atoms. The van der Waals surface area contributed by atoms with E-state index in [4.69, 9.17) is 5.11 Å². The standard InChI is InChI=1S/C6H11NO2/c1-7-5-2-4(3-5)6(8)9/h4-5,7H,2-3H2,1H3,(H,8,9)/t4-,5-. The first-order valence-corrected chi connectivity index (χ1v) is 3.14. The number of hydrogen-bond donors (Lipinski definition) is 2. The maximum absolute atomic E-state index is 10.2. The van der Waals surface area contributed by atoms with E-state index in [1.165, 1.54) is 0 Å². The van der Waals surface area contributed by atoms with Crippen LogP contribution in [0.5, 0.6) is 0 Å². The fourth-order valence-electron chi connectivity index (χ4n) is 1.06. The van der Waals surface area contributed by atoms with Crippen LogP contribution < -0.4 is 5.32 Å². The Morgan fingerprint density at radius 1 is 1.67 bits per heavy atom. The molecule has 0 aliphatic heterocycles. The third-order valence-corrected chi connectivity index (χ3v) is 1.90. The van der Waals surface area contributed by atoms with E-state index in [9.17, 15) is 4.79 Å². The lowest BCUT2D eigenvalue weighted by Crippen LogP contribution is -2.42. The molecular weight excluding hydrogens is 118 g/mol. The first-order valence-electron chi connectivity index (χ1n) is 3.14. The van der Waals surface area contributed by atoms with E-state index < -0.39 is 5.97 Å². The van der Waals surface area contributed by atoms with Crippen molar-refractivity contribution in [2.45, 2.75) is 18.9 Å². The highest BCUT2D eigenvalue weighted by atomic mass is 16.4. The van der Waals surface area contributed by atoms with Crippen molar-refractivity contribution in [1.29, 1.82) is 0 Å². The zero-order valence-corrected chi connectivity index (χ0v) is 5.42. The molecule has 0 unspecified atom stereocenters. The van der Waals surface area contributed by atoms with Crippen LogP contribution >= 0.6 is 0 Å². The lowest BCUT2D eigenvalue weighted by atomic mass is 9.80. The molecule has 3 nitrogen and oxygen atoms in total. The predicted octanol–water partition coefficient (Wildman–Crippen LogP) is 0.0690. The van der Waals surface area contributed by atoms with Gasteiger partial charge < -0.3 is 10.4 Å². The van der Waals surface area contributed by atoms with Crippen LogP contribution in [0, 0.1) is 5.92 Å². The predicted molar refractivity (Wildman–Crippen MR) is 33.2 cm³/mol. The number of carbonyl (C=O) groups is 1. The highest BCUT2D eigenvalue weighted by Crippen LogP contribution is 2.26. The molecule has 1 aliphatic carbocycles. The van der Waals surface area contributed by atoms with Gasteiger partial charge in [-0.25, -0.2) is 0 Å². The van der Waals surface area contributed by atoms with Crippen molar-refractivity contribution in [3.8, 4) is 0 Å². The Hall–Kier alpha value is -0.570. The summed E-state index contributed by atoms with van der Waals surface area (Å²) in [5, 5.41) is 11.4. The van der Waals surface area contributed by atoms with Crippen LogP contribution in [0.4, 0.5) is 0 Å². The number of rotatable bonds is 2. The lowest BCUT2D eigenvalue weighted by molar-refractivity contribution is -0.145. The van der Waals surface area contributed by atoms with Gasteiger partial charge >= 0.3 is 5.97 Å². The van der Waals surface area contributed by atoms with Gasteiger partial charge in [-0.05, 0) is 19.9 Å². The van der Waals surface area contributed by atoms with Gasteiger partial charge in [0.15, 0.2) is 0 Å². The monoisotopic (exact) mass is 129 g/mol. The van der Waals surface area contributed by atoms with E-state index in [1.54, 1.807) is 0 Å². The molecule has 0 saturated heterocycles. The number of carboxylic acids is 1. The summed E-state index contributed by atoms with van der Waals surface area (Å²) in [7, 11) is 1.86. The van der Waals surface area contributed by atoms with Gasteiger partial charge in [0, 0.05) is 6.04 Å². The normalized spacial score (nSPS) is 33.4. The summed E-state index contributed by atoms with van der Waals surface area (Å²) in [6, 6.07) is 0.450. The summed E-state index contributed by atoms with van der Waals surface area (Å²) in [4.78, 5) is 10.2. The van der Waals surface area contributed by atoms with Crippen molar-refractivity contribution in [1.82, 2.24) is 5.32 Å². The van der Waals surface area contributed by atoms with Crippen molar-refractivity contribution < 1.29 is 9.90 Å². The molecular formula is C6H11NO2. The zero-order valence-electron chi connectivity index (χ0n) is 5.42. The van der Waals surface area contributed by atoms with Gasteiger partial charge in [-0.3, -0.25) is 4.79 Å². The van der Waals surface area contributed by atoms with Gasteiger partial charge in [0.25, 0.3) is 0 Å². The minimum Gasteiger partial charge on any atom is -0.481 e. The third kappa shape index (κ3) is 1.21. The SMILES string of the molecule is CN[C@H]1C[C@H](C(=O)O)C1. The van der Waals surface area contributed by atoms with E-state index >= 15 is 0 Å². The van der Waals surface area contributed by atoms with Crippen molar-refractivity contribution >= 4 is 5.97 Å². The van der Waals surface area contributed by atoms with Gasteiger partial charge in [-0.1, -0.05) is 0 Å². The molecule has 1 saturated carbocycles. The lowest BCUT2D eigenvalue weighted by Gasteiger charge is -2.31. The van der Waals surface area contributed by atoms with Gasteiger partial charge in [-0.2, -0.15) is 0 Å². The van der Waals surface area contributed by atoms with Crippen LogP contribution in [0.3, 0.4) is 0 Å². The second kappa shape index (κ2) is 2.35. The van der Waals surface area contributed by atoms with E-state index in [1.807, 2.05) is 7.05 Å². The summed E-state index contributed by atoms with van der Waals surface area (Å²) < 4.78 is 0. The molecule has 0 spiro atoms. The quantitative estimate of drug-likeness (QED) is 0.554. The molecule has 0 radical (unpaired) electrons. The number of carboxylic acid groups (broad SMARTS) is 1. The molecule has 0 amide bonds. The summed E-state index contributed by atoms with van der Waals surface area (Å²) in [5.41, 5.74) is 0. The van der Waals surface area contributed by atoms with Crippen LogP contribution in [-0.2, 0) is 4.79 Å². The Balaban J connectivity index is 2.19. The number of hydrogen-bond acceptors (Lipinski definition) is 2. The smallest absolute Gasteiger partial charge is 0.306 e. The molecule has 0 heterocycles. The van der Waals surface area contributed by atoms with E-state index in [2.05, 4.69) is 5.32 Å². The third-order valence-electron chi connectivity index (χ3n) is 1.90. The first kappa shape index (κ1) is 6.55. The fraction of sp³-hybridized carbons (Fsp3) is 0.833. The second-order valence-electron chi connectivity index (χ2n) is 2.49. The van der Waals surface area contributed by atoms with E-state index in [0.717, 1.165) is 12.8 Å². The van der Waals surface area contributed by atoms with Crippen molar-refractivity contribution in [2.24, 2.45) is 5.92 Å². The van der Waals surface area contributed by atoms with Crippen LogP contribution in [0.2, 0.25) is 0 Å². The minimum atomic E-state index is -0.651. The summed E-state index contributed by atoms with van der Waals surface area (Å²) >= 11 is 0. The molecule has 0 bridgehead atoms.